The second-order valence-electron chi connectivity index (χ2n) is 5.03. The van der Waals surface area contributed by atoms with Crippen molar-refractivity contribution < 1.29 is 0 Å². The van der Waals surface area contributed by atoms with Gasteiger partial charge < -0.3 is 4.98 Å². The highest BCUT2D eigenvalue weighted by Crippen LogP contribution is 2.37. The van der Waals surface area contributed by atoms with Gasteiger partial charge in [0.05, 0.1) is 0 Å². The van der Waals surface area contributed by atoms with Crippen molar-refractivity contribution in [1.29, 1.82) is 0 Å². The largest absolute Gasteiger partial charge is 0.358 e. The van der Waals surface area contributed by atoms with Crippen molar-refractivity contribution in [3.63, 3.8) is 0 Å². The van der Waals surface area contributed by atoms with Crippen LogP contribution in [0.4, 0.5) is 0 Å². The summed E-state index contributed by atoms with van der Waals surface area (Å²) in [6, 6.07) is 17.5. The van der Waals surface area contributed by atoms with E-state index in [2.05, 4.69) is 53.5 Å². The van der Waals surface area contributed by atoms with Gasteiger partial charge in [-0.2, -0.15) is 0 Å². The van der Waals surface area contributed by atoms with E-state index in [0.29, 0.717) is 0 Å². The molecule has 0 fully saturated rings. The maximum absolute atomic E-state index is 3.60. The molecule has 3 aromatic rings. The smallest absolute Gasteiger partial charge is 0.0462 e. The second kappa shape index (κ2) is 3.74. The normalized spacial score (nSPS) is 14.0. The Kier molecular flexibility index (Phi) is 2.07. The molecule has 1 heteroatoms. The molecule has 1 N–H and O–H groups in total. The van der Waals surface area contributed by atoms with Gasteiger partial charge in [-0.05, 0) is 36.5 Å². The number of fused-ring (bicyclic) bond motifs is 5. The Morgan fingerprint density at radius 1 is 0.833 bits per heavy atom. The fourth-order valence-corrected chi connectivity index (χ4v) is 3.13. The number of aromatic nitrogens is 1. The SMILES string of the molecule is c1ccc2c(c1)CCCc1[nH]c3ccccc3c1-2. The van der Waals surface area contributed by atoms with Gasteiger partial charge in [-0.25, -0.2) is 0 Å². The molecule has 0 unspecified atom stereocenters. The van der Waals surface area contributed by atoms with Gasteiger partial charge in [0.25, 0.3) is 0 Å². The minimum atomic E-state index is 1.15. The molecule has 0 amide bonds. The third-order valence-corrected chi connectivity index (χ3v) is 3.94. The number of para-hydroxylation sites is 1. The summed E-state index contributed by atoms with van der Waals surface area (Å²) in [5, 5.41) is 1.36. The van der Waals surface area contributed by atoms with Crippen LogP contribution in [0.15, 0.2) is 48.5 Å². The zero-order valence-electron chi connectivity index (χ0n) is 10.2. The summed E-state index contributed by atoms with van der Waals surface area (Å²) >= 11 is 0. The van der Waals surface area contributed by atoms with Crippen molar-refractivity contribution in [2.45, 2.75) is 19.3 Å². The lowest BCUT2D eigenvalue weighted by molar-refractivity contribution is 0.819. The third-order valence-electron chi connectivity index (χ3n) is 3.94. The Bertz CT molecular complexity index is 721. The Morgan fingerprint density at radius 3 is 2.67 bits per heavy atom. The van der Waals surface area contributed by atoms with Crippen LogP contribution in [0, 0.1) is 0 Å². The fourth-order valence-electron chi connectivity index (χ4n) is 3.13. The summed E-state index contributed by atoms with van der Waals surface area (Å²) in [4.78, 5) is 3.60. The first-order valence-electron chi connectivity index (χ1n) is 6.61. The molecular weight excluding hydrogens is 218 g/mol. The molecule has 0 saturated heterocycles. The zero-order valence-corrected chi connectivity index (χ0v) is 10.2. The van der Waals surface area contributed by atoms with Crippen molar-refractivity contribution in [2.75, 3.05) is 0 Å². The number of benzene rings is 2. The third kappa shape index (κ3) is 1.34. The number of aryl methyl sites for hydroxylation is 2. The van der Waals surface area contributed by atoms with Crippen LogP contribution < -0.4 is 0 Å². The summed E-state index contributed by atoms with van der Waals surface area (Å²) in [7, 11) is 0. The van der Waals surface area contributed by atoms with Gasteiger partial charge in [0.15, 0.2) is 0 Å². The molecule has 88 valence electrons. The minimum Gasteiger partial charge on any atom is -0.358 e. The van der Waals surface area contributed by atoms with Crippen LogP contribution in [0.2, 0.25) is 0 Å². The lowest BCUT2D eigenvalue weighted by Crippen LogP contribution is -1.86. The first-order valence-corrected chi connectivity index (χ1v) is 6.61. The number of H-pyrrole nitrogens is 1. The molecule has 0 spiro atoms. The molecule has 0 bridgehead atoms. The van der Waals surface area contributed by atoms with Crippen molar-refractivity contribution in [1.82, 2.24) is 4.98 Å². The topological polar surface area (TPSA) is 15.8 Å². The van der Waals surface area contributed by atoms with Crippen molar-refractivity contribution in [3.05, 3.63) is 59.8 Å². The summed E-state index contributed by atoms with van der Waals surface area (Å²) in [6.45, 7) is 0. The van der Waals surface area contributed by atoms with Gasteiger partial charge in [0.2, 0.25) is 0 Å². The molecule has 1 nitrogen and oxygen atoms in total. The molecule has 0 aliphatic heterocycles. The molecule has 2 aromatic carbocycles. The van der Waals surface area contributed by atoms with Crippen molar-refractivity contribution in [2.24, 2.45) is 0 Å². The van der Waals surface area contributed by atoms with Crippen LogP contribution in [0.1, 0.15) is 17.7 Å². The number of nitrogens with one attached hydrogen (secondary N) is 1. The van der Waals surface area contributed by atoms with Gasteiger partial charge in [-0.3, -0.25) is 0 Å². The fraction of sp³-hybridized carbons (Fsp3) is 0.176. The monoisotopic (exact) mass is 233 g/mol. The van der Waals surface area contributed by atoms with Crippen LogP contribution in [-0.4, -0.2) is 4.98 Å². The average Bonchev–Trinajstić information content (AvgIpc) is 2.68. The maximum Gasteiger partial charge on any atom is 0.0462 e. The molecule has 18 heavy (non-hydrogen) atoms. The lowest BCUT2D eigenvalue weighted by Gasteiger charge is -2.06. The summed E-state index contributed by atoms with van der Waals surface area (Å²) in [5.74, 6) is 0. The predicted molar refractivity (Wildman–Crippen MR) is 75.8 cm³/mol. The first kappa shape index (κ1) is 9.95. The van der Waals surface area contributed by atoms with Gasteiger partial charge in [0, 0.05) is 22.2 Å². The van der Waals surface area contributed by atoms with Gasteiger partial charge in [0.1, 0.15) is 0 Å². The Morgan fingerprint density at radius 2 is 1.67 bits per heavy atom. The Hall–Kier alpha value is -2.02. The van der Waals surface area contributed by atoms with E-state index < -0.39 is 0 Å². The quantitative estimate of drug-likeness (QED) is 0.595. The highest BCUT2D eigenvalue weighted by molar-refractivity contribution is 5.98. The van der Waals surface area contributed by atoms with Crippen LogP contribution in [-0.2, 0) is 12.8 Å². The van der Waals surface area contributed by atoms with E-state index in [1.165, 1.54) is 46.1 Å². The summed E-state index contributed by atoms with van der Waals surface area (Å²) in [6.07, 6.45) is 3.57. The van der Waals surface area contributed by atoms with Gasteiger partial charge >= 0.3 is 0 Å². The molecule has 0 atom stereocenters. The average molecular weight is 233 g/mol. The Labute approximate surface area is 106 Å². The van der Waals surface area contributed by atoms with E-state index in [4.69, 9.17) is 0 Å². The lowest BCUT2D eigenvalue weighted by atomic mass is 9.98. The van der Waals surface area contributed by atoms with E-state index in [1.807, 2.05) is 0 Å². The van der Waals surface area contributed by atoms with Gasteiger partial charge in [-0.15, -0.1) is 0 Å². The number of hydrogen-bond donors (Lipinski definition) is 1. The number of rotatable bonds is 0. The van der Waals surface area contributed by atoms with Crippen LogP contribution in [0.25, 0.3) is 22.0 Å². The standard InChI is InChI=1S/C17H15N/c1-2-8-13-12(6-1)7-5-11-16-17(13)14-9-3-4-10-15(14)18-16/h1-4,6,8-10,18H,5,7,11H2. The summed E-state index contributed by atoms with van der Waals surface area (Å²) in [5.41, 5.74) is 7.00. The molecular formula is C17H15N. The van der Waals surface area contributed by atoms with Gasteiger partial charge in [-0.1, -0.05) is 42.5 Å². The molecule has 1 aliphatic rings. The van der Waals surface area contributed by atoms with E-state index >= 15 is 0 Å². The minimum absolute atomic E-state index is 1.15. The zero-order chi connectivity index (χ0) is 11.9. The number of aromatic amines is 1. The number of hydrogen-bond acceptors (Lipinski definition) is 0. The molecule has 0 saturated carbocycles. The highest BCUT2D eigenvalue weighted by atomic mass is 14.7. The molecule has 0 radical (unpaired) electrons. The van der Waals surface area contributed by atoms with Crippen molar-refractivity contribution >= 4 is 10.9 Å². The van der Waals surface area contributed by atoms with E-state index in [-0.39, 0.29) is 0 Å². The van der Waals surface area contributed by atoms with E-state index in [9.17, 15) is 0 Å². The predicted octanol–water partition coefficient (Wildman–Crippen LogP) is 4.32. The first-order chi connectivity index (χ1) is 8.93. The molecule has 1 aromatic heterocycles. The molecule has 1 heterocycles. The maximum atomic E-state index is 3.60. The van der Waals surface area contributed by atoms with Crippen LogP contribution in [0.5, 0.6) is 0 Å². The second-order valence-corrected chi connectivity index (χ2v) is 5.03. The summed E-state index contributed by atoms with van der Waals surface area (Å²) < 4.78 is 0. The van der Waals surface area contributed by atoms with Crippen LogP contribution >= 0.6 is 0 Å². The van der Waals surface area contributed by atoms with Crippen LogP contribution in [0.3, 0.4) is 0 Å². The van der Waals surface area contributed by atoms with E-state index in [0.717, 1.165) is 6.42 Å². The molecule has 4 rings (SSSR count). The van der Waals surface area contributed by atoms with E-state index in [1.54, 1.807) is 0 Å². The Balaban J connectivity index is 2.13. The highest BCUT2D eigenvalue weighted by Gasteiger charge is 2.18. The molecule has 1 aliphatic carbocycles. The van der Waals surface area contributed by atoms with Crippen molar-refractivity contribution in [3.8, 4) is 11.1 Å².